The molecule has 1 heterocycles. The van der Waals surface area contributed by atoms with Gasteiger partial charge in [-0.2, -0.15) is 0 Å². The maximum atomic E-state index is 13.0. The standard InChI is InChI=1S/C18H17FN2O2S/c1-12(13-5-3-2-4-6-13)20-18(23)21-16(22)11-17(21)24-15-9-7-14(19)8-10-15/h2-10,12,17H,11H2,1H3,(H,20,23)/t12-,17-/m0/s1. The van der Waals surface area contributed by atoms with Gasteiger partial charge < -0.3 is 5.32 Å². The Hall–Kier alpha value is -2.34. The van der Waals surface area contributed by atoms with Crippen molar-refractivity contribution in [2.24, 2.45) is 0 Å². The summed E-state index contributed by atoms with van der Waals surface area (Å²) < 4.78 is 13.0. The number of benzene rings is 2. The van der Waals surface area contributed by atoms with Crippen LogP contribution in [0.25, 0.3) is 0 Å². The summed E-state index contributed by atoms with van der Waals surface area (Å²) in [6.07, 6.45) is 0.301. The van der Waals surface area contributed by atoms with E-state index in [2.05, 4.69) is 5.32 Å². The van der Waals surface area contributed by atoms with Crippen LogP contribution in [-0.2, 0) is 4.79 Å². The van der Waals surface area contributed by atoms with E-state index >= 15 is 0 Å². The lowest BCUT2D eigenvalue weighted by atomic mass is 10.1. The highest BCUT2D eigenvalue weighted by Gasteiger charge is 2.41. The Labute approximate surface area is 144 Å². The van der Waals surface area contributed by atoms with Gasteiger partial charge in [-0.05, 0) is 36.8 Å². The molecule has 1 aliphatic rings. The summed E-state index contributed by atoms with van der Waals surface area (Å²) in [4.78, 5) is 26.3. The molecular weight excluding hydrogens is 327 g/mol. The Morgan fingerprint density at radius 1 is 1.21 bits per heavy atom. The maximum absolute atomic E-state index is 13.0. The zero-order chi connectivity index (χ0) is 17.1. The number of amides is 3. The first-order valence-corrected chi connectivity index (χ1v) is 8.52. The van der Waals surface area contributed by atoms with Gasteiger partial charge in [0.05, 0.1) is 12.5 Å². The van der Waals surface area contributed by atoms with Crippen molar-refractivity contribution in [3.63, 3.8) is 0 Å². The lowest BCUT2D eigenvalue weighted by Crippen LogP contribution is -2.57. The van der Waals surface area contributed by atoms with Crippen LogP contribution < -0.4 is 5.32 Å². The fraction of sp³-hybridized carbons (Fsp3) is 0.222. The van der Waals surface area contributed by atoms with Gasteiger partial charge in [-0.15, -0.1) is 0 Å². The van der Waals surface area contributed by atoms with Gasteiger partial charge in [-0.1, -0.05) is 42.1 Å². The molecule has 1 fully saturated rings. The Balaban J connectivity index is 1.62. The highest BCUT2D eigenvalue weighted by Crippen LogP contribution is 2.35. The second-order valence-corrected chi connectivity index (χ2v) is 6.83. The maximum Gasteiger partial charge on any atom is 0.325 e. The molecule has 1 saturated heterocycles. The molecule has 0 saturated carbocycles. The van der Waals surface area contributed by atoms with Crippen LogP contribution in [0.4, 0.5) is 9.18 Å². The average molecular weight is 344 g/mol. The van der Waals surface area contributed by atoms with E-state index in [1.807, 2.05) is 37.3 Å². The molecule has 2 aromatic rings. The van der Waals surface area contributed by atoms with Gasteiger partial charge in [0.15, 0.2) is 0 Å². The average Bonchev–Trinajstić information content (AvgIpc) is 2.56. The minimum absolute atomic E-state index is 0.191. The molecule has 124 valence electrons. The zero-order valence-corrected chi connectivity index (χ0v) is 13.9. The summed E-state index contributed by atoms with van der Waals surface area (Å²) in [5.41, 5.74) is 0.974. The zero-order valence-electron chi connectivity index (χ0n) is 13.1. The molecule has 2 aromatic carbocycles. The van der Waals surface area contributed by atoms with Gasteiger partial charge >= 0.3 is 6.03 Å². The summed E-state index contributed by atoms with van der Waals surface area (Å²) in [5, 5.41) is 2.59. The van der Waals surface area contributed by atoms with Crippen LogP contribution in [0.15, 0.2) is 59.5 Å². The van der Waals surface area contributed by atoms with Crippen molar-refractivity contribution in [2.45, 2.75) is 29.7 Å². The monoisotopic (exact) mass is 344 g/mol. The predicted octanol–water partition coefficient (Wildman–Crippen LogP) is 3.95. The van der Waals surface area contributed by atoms with E-state index in [1.54, 1.807) is 12.1 Å². The number of likely N-dealkylation sites (tertiary alicyclic amines) is 1. The number of urea groups is 1. The number of carbonyl (C=O) groups excluding carboxylic acids is 2. The molecule has 1 N–H and O–H groups in total. The normalized spacial score (nSPS) is 18.0. The van der Waals surface area contributed by atoms with Crippen LogP contribution in [0, 0.1) is 5.82 Å². The topological polar surface area (TPSA) is 49.4 Å². The Kier molecular flexibility index (Phi) is 4.85. The van der Waals surface area contributed by atoms with Gasteiger partial charge in [0.25, 0.3) is 0 Å². The highest BCUT2D eigenvalue weighted by molar-refractivity contribution is 8.00. The fourth-order valence-electron chi connectivity index (χ4n) is 2.48. The molecule has 0 aromatic heterocycles. The third-order valence-corrected chi connectivity index (χ3v) is 5.04. The molecule has 2 atom stereocenters. The molecule has 3 amide bonds. The van der Waals surface area contributed by atoms with E-state index in [0.29, 0.717) is 6.42 Å². The minimum atomic E-state index is -0.401. The van der Waals surface area contributed by atoms with E-state index in [-0.39, 0.29) is 23.1 Å². The van der Waals surface area contributed by atoms with Gasteiger partial charge in [0, 0.05) is 4.90 Å². The first-order valence-electron chi connectivity index (χ1n) is 7.64. The number of hydrogen-bond acceptors (Lipinski definition) is 3. The summed E-state index contributed by atoms with van der Waals surface area (Å²) in [6, 6.07) is 15.0. The van der Waals surface area contributed by atoms with Crippen LogP contribution in [0.2, 0.25) is 0 Å². The van der Waals surface area contributed by atoms with Crippen molar-refractivity contribution in [3.8, 4) is 0 Å². The Bertz CT molecular complexity index is 736. The third kappa shape index (κ3) is 3.59. The summed E-state index contributed by atoms with van der Waals surface area (Å²) in [5.74, 6) is -0.511. The van der Waals surface area contributed by atoms with E-state index in [1.165, 1.54) is 28.8 Å². The summed E-state index contributed by atoms with van der Waals surface area (Å²) in [7, 11) is 0. The van der Waals surface area contributed by atoms with Crippen molar-refractivity contribution >= 4 is 23.7 Å². The molecule has 0 unspecified atom stereocenters. The molecule has 1 aliphatic heterocycles. The Morgan fingerprint density at radius 3 is 2.50 bits per heavy atom. The van der Waals surface area contributed by atoms with Gasteiger partial charge in [0.2, 0.25) is 5.91 Å². The molecular formula is C18H17FN2O2S. The molecule has 0 bridgehead atoms. The van der Waals surface area contributed by atoms with Crippen LogP contribution >= 0.6 is 11.8 Å². The van der Waals surface area contributed by atoms with Crippen molar-refractivity contribution in [1.29, 1.82) is 0 Å². The molecule has 3 rings (SSSR count). The van der Waals surface area contributed by atoms with Crippen molar-refractivity contribution in [2.75, 3.05) is 0 Å². The number of halogens is 1. The van der Waals surface area contributed by atoms with E-state index < -0.39 is 6.03 Å². The van der Waals surface area contributed by atoms with Gasteiger partial charge in [-0.25, -0.2) is 9.18 Å². The fourth-order valence-corrected chi connectivity index (χ4v) is 3.63. The summed E-state index contributed by atoms with van der Waals surface area (Å²) in [6.45, 7) is 1.87. The first kappa shape index (κ1) is 16.5. The lowest BCUT2D eigenvalue weighted by molar-refractivity contribution is -0.137. The van der Waals surface area contributed by atoms with Crippen LogP contribution in [0.5, 0.6) is 0 Å². The second-order valence-electron chi connectivity index (χ2n) is 5.58. The molecule has 0 aliphatic carbocycles. The first-order chi connectivity index (χ1) is 11.5. The number of β-lactam (4-membered cyclic amide) rings is 1. The van der Waals surface area contributed by atoms with Crippen molar-refractivity contribution in [1.82, 2.24) is 10.2 Å². The predicted molar refractivity (Wildman–Crippen MR) is 90.9 cm³/mol. The number of carbonyl (C=O) groups is 2. The van der Waals surface area contributed by atoms with E-state index in [0.717, 1.165) is 10.5 Å². The third-order valence-electron chi connectivity index (χ3n) is 3.85. The largest absolute Gasteiger partial charge is 0.331 e. The lowest BCUT2D eigenvalue weighted by Gasteiger charge is -2.38. The van der Waals surface area contributed by atoms with Gasteiger partial charge in [-0.3, -0.25) is 9.69 Å². The Morgan fingerprint density at radius 2 is 1.88 bits per heavy atom. The number of rotatable bonds is 4. The molecule has 24 heavy (non-hydrogen) atoms. The minimum Gasteiger partial charge on any atom is -0.331 e. The molecule has 6 heteroatoms. The molecule has 4 nitrogen and oxygen atoms in total. The number of imide groups is 1. The van der Waals surface area contributed by atoms with Crippen LogP contribution in [-0.4, -0.2) is 22.2 Å². The quantitative estimate of drug-likeness (QED) is 0.855. The number of nitrogens with zero attached hydrogens (tertiary/aromatic N) is 1. The molecule has 0 spiro atoms. The number of nitrogens with one attached hydrogen (secondary N) is 1. The van der Waals surface area contributed by atoms with Crippen LogP contribution in [0.1, 0.15) is 24.9 Å². The highest BCUT2D eigenvalue weighted by atomic mass is 32.2. The van der Waals surface area contributed by atoms with Crippen LogP contribution in [0.3, 0.4) is 0 Å². The SMILES string of the molecule is C[C@H](NC(=O)N1C(=O)C[C@@H]1Sc1ccc(F)cc1)c1ccccc1. The summed E-state index contributed by atoms with van der Waals surface area (Å²) >= 11 is 1.38. The smallest absolute Gasteiger partial charge is 0.325 e. The second kappa shape index (κ2) is 7.05. The van der Waals surface area contributed by atoms with E-state index in [4.69, 9.17) is 0 Å². The molecule has 0 radical (unpaired) electrons. The van der Waals surface area contributed by atoms with Crippen molar-refractivity contribution < 1.29 is 14.0 Å². The van der Waals surface area contributed by atoms with Gasteiger partial charge in [0.1, 0.15) is 11.2 Å². The number of thioether (sulfide) groups is 1. The number of hydrogen-bond donors (Lipinski definition) is 1. The van der Waals surface area contributed by atoms with E-state index in [9.17, 15) is 14.0 Å². The van der Waals surface area contributed by atoms with Crippen molar-refractivity contribution in [3.05, 3.63) is 66.0 Å².